The zero-order valence-electron chi connectivity index (χ0n) is 12.0. The molecule has 21 heavy (non-hydrogen) atoms. The van der Waals surface area contributed by atoms with E-state index in [9.17, 15) is 27.6 Å². The van der Waals surface area contributed by atoms with E-state index in [2.05, 4.69) is 4.74 Å². The Bertz CT molecular complexity index is 455. The Labute approximate surface area is 119 Å². The number of imide groups is 1. The first-order chi connectivity index (χ1) is 9.38. The topological polar surface area (TPSA) is 72.9 Å². The molecule has 1 rings (SSSR count). The fourth-order valence-corrected chi connectivity index (χ4v) is 1.94. The first-order valence-electron chi connectivity index (χ1n) is 6.08. The zero-order valence-corrected chi connectivity index (χ0v) is 12.0. The molecule has 0 N–H and O–H groups in total. The molecule has 1 aliphatic heterocycles. The minimum atomic E-state index is -4.81. The standard InChI is InChI=1S/C12H16F3NO5/c1-11(2,3)21-10(19)16-7(17)5-6(12(13,14)15)8(16)9(18)20-4/h6,8H,5H2,1-4H3/t6-,8-/m1/s1. The first kappa shape index (κ1) is 17.3. The van der Waals surface area contributed by atoms with Gasteiger partial charge in [0.05, 0.1) is 13.0 Å². The van der Waals surface area contributed by atoms with Crippen molar-refractivity contribution in [3.05, 3.63) is 0 Å². The van der Waals surface area contributed by atoms with Crippen LogP contribution in [0.3, 0.4) is 0 Å². The molecule has 0 aromatic carbocycles. The molecule has 0 bridgehead atoms. The predicted molar refractivity (Wildman–Crippen MR) is 63.0 cm³/mol. The number of hydrogen-bond acceptors (Lipinski definition) is 5. The Hall–Kier alpha value is -1.80. The number of alkyl halides is 3. The number of likely N-dealkylation sites (tertiary alicyclic amines) is 1. The summed E-state index contributed by atoms with van der Waals surface area (Å²) in [5.41, 5.74) is -1.02. The van der Waals surface area contributed by atoms with Crippen LogP contribution in [0.4, 0.5) is 18.0 Å². The van der Waals surface area contributed by atoms with Crippen LogP contribution >= 0.6 is 0 Å². The fourth-order valence-electron chi connectivity index (χ4n) is 1.94. The van der Waals surface area contributed by atoms with Gasteiger partial charge in [0.2, 0.25) is 5.91 Å². The van der Waals surface area contributed by atoms with Gasteiger partial charge in [-0.15, -0.1) is 0 Å². The third kappa shape index (κ3) is 3.85. The lowest BCUT2D eigenvalue weighted by Gasteiger charge is -2.28. The fraction of sp³-hybridized carbons (Fsp3) is 0.750. The highest BCUT2D eigenvalue weighted by Crippen LogP contribution is 2.39. The number of methoxy groups -OCH3 is 1. The van der Waals surface area contributed by atoms with Crippen LogP contribution < -0.4 is 0 Å². The van der Waals surface area contributed by atoms with Gasteiger partial charge < -0.3 is 9.47 Å². The van der Waals surface area contributed by atoms with E-state index >= 15 is 0 Å². The maximum Gasteiger partial charge on any atom is 0.417 e. The molecule has 0 unspecified atom stereocenters. The molecule has 0 aliphatic carbocycles. The molecule has 0 saturated carbocycles. The first-order valence-corrected chi connectivity index (χ1v) is 6.08. The lowest BCUT2D eigenvalue weighted by molar-refractivity contribution is -0.188. The van der Waals surface area contributed by atoms with Crippen molar-refractivity contribution in [3.63, 3.8) is 0 Å². The molecule has 2 amide bonds. The molecular formula is C12H16F3NO5. The van der Waals surface area contributed by atoms with Gasteiger partial charge in [0.25, 0.3) is 0 Å². The molecule has 2 atom stereocenters. The highest BCUT2D eigenvalue weighted by atomic mass is 19.4. The normalized spacial score (nSPS) is 23.2. The highest BCUT2D eigenvalue weighted by Gasteiger charge is 2.59. The second kappa shape index (κ2) is 5.53. The number of esters is 1. The van der Waals surface area contributed by atoms with Gasteiger partial charge >= 0.3 is 18.2 Å². The molecule has 1 heterocycles. The van der Waals surface area contributed by atoms with Gasteiger partial charge in [0, 0.05) is 6.42 Å². The smallest absolute Gasteiger partial charge is 0.417 e. The van der Waals surface area contributed by atoms with E-state index in [0.717, 1.165) is 7.11 Å². The monoisotopic (exact) mass is 311 g/mol. The molecule has 6 nitrogen and oxygen atoms in total. The number of halogens is 3. The van der Waals surface area contributed by atoms with Crippen molar-refractivity contribution in [2.45, 2.75) is 45.0 Å². The highest BCUT2D eigenvalue weighted by molar-refractivity contribution is 6.00. The molecule has 0 aromatic rings. The van der Waals surface area contributed by atoms with Crippen molar-refractivity contribution < 1.29 is 37.0 Å². The van der Waals surface area contributed by atoms with Crippen LogP contribution in [0.1, 0.15) is 27.2 Å². The molecule has 0 aromatic heterocycles. The van der Waals surface area contributed by atoms with Gasteiger partial charge in [0.1, 0.15) is 5.60 Å². The zero-order chi connectivity index (χ0) is 16.6. The van der Waals surface area contributed by atoms with E-state index in [4.69, 9.17) is 4.74 Å². The lowest BCUT2D eigenvalue weighted by Crippen LogP contribution is -2.49. The van der Waals surface area contributed by atoms with Crippen LogP contribution in [0.2, 0.25) is 0 Å². The Morgan fingerprint density at radius 3 is 2.14 bits per heavy atom. The molecule has 9 heteroatoms. The largest absolute Gasteiger partial charge is 0.467 e. The quantitative estimate of drug-likeness (QED) is 0.691. The van der Waals surface area contributed by atoms with Crippen molar-refractivity contribution in [1.29, 1.82) is 0 Å². The van der Waals surface area contributed by atoms with E-state index in [1.54, 1.807) is 0 Å². The summed E-state index contributed by atoms with van der Waals surface area (Å²) in [4.78, 5) is 35.4. The van der Waals surface area contributed by atoms with Crippen molar-refractivity contribution >= 4 is 18.0 Å². The van der Waals surface area contributed by atoms with Crippen molar-refractivity contribution in [3.8, 4) is 0 Å². The third-order valence-electron chi connectivity index (χ3n) is 2.78. The minimum absolute atomic E-state index is 0.190. The van der Waals surface area contributed by atoms with Gasteiger partial charge in [-0.2, -0.15) is 13.2 Å². The predicted octanol–water partition coefficient (Wildman–Crippen LogP) is 1.87. The van der Waals surface area contributed by atoms with Crippen molar-refractivity contribution in [2.24, 2.45) is 5.92 Å². The Kier molecular flexibility index (Phi) is 4.54. The van der Waals surface area contributed by atoms with Crippen LogP contribution in [0, 0.1) is 5.92 Å². The Morgan fingerprint density at radius 2 is 1.76 bits per heavy atom. The molecule has 1 aliphatic rings. The number of carbonyl (C=O) groups excluding carboxylic acids is 3. The number of amides is 2. The van der Waals surface area contributed by atoms with Gasteiger partial charge in [-0.05, 0) is 20.8 Å². The maximum atomic E-state index is 12.9. The van der Waals surface area contributed by atoms with Gasteiger partial charge in [0.15, 0.2) is 6.04 Å². The molecule has 0 radical (unpaired) electrons. The van der Waals surface area contributed by atoms with E-state index in [1.165, 1.54) is 20.8 Å². The van der Waals surface area contributed by atoms with Crippen LogP contribution in [-0.2, 0) is 19.1 Å². The Balaban J connectivity index is 3.13. The van der Waals surface area contributed by atoms with Crippen LogP contribution in [0.25, 0.3) is 0 Å². The minimum Gasteiger partial charge on any atom is -0.467 e. The van der Waals surface area contributed by atoms with E-state index in [1.807, 2.05) is 0 Å². The number of rotatable bonds is 1. The van der Waals surface area contributed by atoms with Crippen LogP contribution in [0.15, 0.2) is 0 Å². The molecular weight excluding hydrogens is 295 g/mol. The maximum absolute atomic E-state index is 12.9. The second-order valence-electron chi connectivity index (χ2n) is 5.56. The summed E-state index contributed by atoms with van der Waals surface area (Å²) in [6.45, 7) is 4.46. The van der Waals surface area contributed by atoms with Gasteiger partial charge in [-0.25, -0.2) is 14.5 Å². The molecule has 1 saturated heterocycles. The van der Waals surface area contributed by atoms with Crippen LogP contribution in [-0.4, -0.2) is 47.8 Å². The second-order valence-corrected chi connectivity index (χ2v) is 5.56. The van der Waals surface area contributed by atoms with E-state index < -0.39 is 48.1 Å². The number of carbonyl (C=O) groups is 3. The molecule has 1 fully saturated rings. The average Bonchev–Trinajstić information content (AvgIpc) is 2.63. The summed E-state index contributed by atoms with van der Waals surface area (Å²) in [6.07, 6.45) is -7.11. The SMILES string of the molecule is COC(=O)[C@H]1[C@H](C(F)(F)F)CC(=O)N1C(=O)OC(C)(C)C. The third-order valence-corrected chi connectivity index (χ3v) is 2.78. The molecule has 0 spiro atoms. The number of nitrogens with zero attached hydrogens (tertiary/aromatic N) is 1. The Morgan fingerprint density at radius 1 is 1.24 bits per heavy atom. The molecule has 120 valence electrons. The van der Waals surface area contributed by atoms with Crippen molar-refractivity contribution in [1.82, 2.24) is 4.90 Å². The number of ether oxygens (including phenoxy) is 2. The van der Waals surface area contributed by atoms with E-state index in [-0.39, 0.29) is 4.90 Å². The summed E-state index contributed by atoms with van der Waals surface area (Å²) < 4.78 is 47.9. The van der Waals surface area contributed by atoms with Crippen molar-refractivity contribution in [2.75, 3.05) is 7.11 Å². The number of hydrogen-bond donors (Lipinski definition) is 0. The summed E-state index contributed by atoms with van der Waals surface area (Å²) >= 11 is 0. The van der Waals surface area contributed by atoms with E-state index in [0.29, 0.717) is 0 Å². The summed E-state index contributed by atoms with van der Waals surface area (Å²) in [5, 5.41) is 0. The summed E-state index contributed by atoms with van der Waals surface area (Å²) in [7, 11) is 0.881. The van der Waals surface area contributed by atoms with Gasteiger partial charge in [-0.1, -0.05) is 0 Å². The van der Waals surface area contributed by atoms with Crippen LogP contribution in [0.5, 0.6) is 0 Å². The summed E-state index contributed by atoms with van der Waals surface area (Å²) in [5.74, 6) is -4.74. The average molecular weight is 311 g/mol. The lowest BCUT2D eigenvalue weighted by atomic mass is 10.00. The summed E-state index contributed by atoms with van der Waals surface area (Å²) in [6, 6.07) is -2.06. The van der Waals surface area contributed by atoms with Gasteiger partial charge in [-0.3, -0.25) is 4.79 Å².